The number of hydrogen-bond donors (Lipinski definition) is 0. The first-order valence-electron chi connectivity index (χ1n) is 8.54. The summed E-state index contributed by atoms with van der Waals surface area (Å²) >= 11 is 0. The fourth-order valence-electron chi connectivity index (χ4n) is 2.93. The maximum absolute atomic E-state index is 13.0. The van der Waals surface area contributed by atoms with Gasteiger partial charge in [0.25, 0.3) is 0 Å². The van der Waals surface area contributed by atoms with Gasteiger partial charge >= 0.3 is 0 Å². The summed E-state index contributed by atoms with van der Waals surface area (Å²) in [6, 6.07) is 33.0. The van der Waals surface area contributed by atoms with E-state index in [-0.39, 0.29) is 5.78 Å². The zero-order chi connectivity index (χ0) is 17.8. The molecule has 0 unspecified atom stereocenters. The summed E-state index contributed by atoms with van der Waals surface area (Å²) in [6.07, 6.45) is 0. The van der Waals surface area contributed by atoms with Gasteiger partial charge in [-0.25, -0.2) is 4.98 Å². The summed E-state index contributed by atoms with van der Waals surface area (Å²) in [5.41, 5.74) is 4.90. The molecule has 1 aromatic heterocycles. The van der Waals surface area contributed by atoms with Crippen LogP contribution in [-0.2, 0) is 0 Å². The predicted molar refractivity (Wildman–Crippen MR) is 105 cm³/mol. The van der Waals surface area contributed by atoms with Gasteiger partial charge in [-0.1, -0.05) is 91.0 Å². The van der Waals surface area contributed by atoms with Crippen LogP contribution in [0.5, 0.6) is 0 Å². The minimum absolute atomic E-state index is 0.00219. The summed E-state index contributed by atoms with van der Waals surface area (Å²) < 4.78 is 0. The Balaban J connectivity index is 1.87. The van der Waals surface area contributed by atoms with Gasteiger partial charge in [0.2, 0.25) is 0 Å². The van der Waals surface area contributed by atoms with Crippen LogP contribution in [0.1, 0.15) is 15.9 Å². The van der Waals surface area contributed by atoms with Crippen molar-refractivity contribution < 1.29 is 4.79 Å². The molecule has 0 radical (unpaired) electrons. The second kappa shape index (κ2) is 7.16. The van der Waals surface area contributed by atoms with E-state index in [0.29, 0.717) is 11.1 Å². The van der Waals surface area contributed by atoms with Crippen molar-refractivity contribution in [2.45, 2.75) is 0 Å². The number of carbonyl (C=O) groups is 1. The van der Waals surface area contributed by atoms with Crippen LogP contribution >= 0.6 is 0 Å². The Hall–Kier alpha value is -3.52. The molecule has 0 aliphatic carbocycles. The fraction of sp³-hybridized carbons (Fsp3) is 0. The molecule has 4 rings (SSSR count). The minimum Gasteiger partial charge on any atom is -0.289 e. The van der Waals surface area contributed by atoms with Gasteiger partial charge in [0.05, 0.1) is 11.4 Å². The summed E-state index contributed by atoms with van der Waals surface area (Å²) in [6.45, 7) is 0. The molecule has 2 nitrogen and oxygen atoms in total. The van der Waals surface area contributed by atoms with Gasteiger partial charge in [-0.2, -0.15) is 0 Å². The Morgan fingerprint density at radius 1 is 0.538 bits per heavy atom. The Morgan fingerprint density at radius 2 is 0.962 bits per heavy atom. The third-order valence-electron chi connectivity index (χ3n) is 4.26. The molecule has 0 bridgehead atoms. The number of carbonyl (C=O) groups excluding carboxylic acids is 1. The average molecular weight is 335 g/mol. The third kappa shape index (κ3) is 3.31. The van der Waals surface area contributed by atoms with Crippen molar-refractivity contribution in [3.63, 3.8) is 0 Å². The molecule has 0 aliphatic rings. The highest BCUT2D eigenvalue weighted by molar-refractivity contribution is 6.09. The van der Waals surface area contributed by atoms with Crippen LogP contribution in [0.25, 0.3) is 22.5 Å². The van der Waals surface area contributed by atoms with E-state index in [0.717, 1.165) is 22.5 Å². The van der Waals surface area contributed by atoms with Gasteiger partial charge in [-0.05, 0) is 12.1 Å². The molecule has 26 heavy (non-hydrogen) atoms. The van der Waals surface area contributed by atoms with E-state index in [4.69, 9.17) is 4.98 Å². The molecule has 0 atom stereocenters. The van der Waals surface area contributed by atoms with Crippen LogP contribution in [0.4, 0.5) is 0 Å². The molecule has 0 aliphatic heterocycles. The highest BCUT2D eigenvalue weighted by atomic mass is 16.1. The van der Waals surface area contributed by atoms with E-state index >= 15 is 0 Å². The van der Waals surface area contributed by atoms with E-state index in [1.807, 2.05) is 103 Å². The van der Waals surface area contributed by atoms with Crippen LogP contribution in [0.15, 0.2) is 103 Å². The lowest BCUT2D eigenvalue weighted by Crippen LogP contribution is -2.03. The number of benzene rings is 3. The number of rotatable bonds is 4. The van der Waals surface area contributed by atoms with Gasteiger partial charge in [-0.3, -0.25) is 4.79 Å². The van der Waals surface area contributed by atoms with Gasteiger partial charge in [0, 0.05) is 22.3 Å². The van der Waals surface area contributed by atoms with Crippen molar-refractivity contribution in [2.24, 2.45) is 0 Å². The van der Waals surface area contributed by atoms with E-state index in [1.165, 1.54) is 0 Å². The molecule has 124 valence electrons. The van der Waals surface area contributed by atoms with Crippen LogP contribution in [-0.4, -0.2) is 10.8 Å². The molecule has 0 N–H and O–H groups in total. The lowest BCUT2D eigenvalue weighted by Gasteiger charge is -2.09. The van der Waals surface area contributed by atoms with Crippen molar-refractivity contribution >= 4 is 5.78 Å². The zero-order valence-electron chi connectivity index (χ0n) is 14.2. The third-order valence-corrected chi connectivity index (χ3v) is 4.26. The molecule has 0 saturated carbocycles. The van der Waals surface area contributed by atoms with Crippen molar-refractivity contribution in [3.8, 4) is 22.5 Å². The monoisotopic (exact) mass is 335 g/mol. The molecule has 0 amide bonds. The molecule has 3 aromatic carbocycles. The first-order chi connectivity index (χ1) is 12.8. The van der Waals surface area contributed by atoms with E-state index in [2.05, 4.69) is 0 Å². The highest BCUT2D eigenvalue weighted by Crippen LogP contribution is 2.26. The summed E-state index contributed by atoms with van der Waals surface area (Å²) in [5, 5.41) is 0. The summed E-state index contributed by atoms with van der Waals surface area (Å²) in [7, 11) is 0. The average Bonchev–Trinajstić information content (AvgIpc) is 2.75. The Labute approximate surface area is 152 Å². The number of aromatic nitrogens is 1. The smallest absolute Gasteiger partial charge is 0.193 e. The van der Waals surface area contributed by atoms with Crippen molar-refractivity contribution in [1.82, 2.24) is 4.98 Å². The maximum Gasteiger partial charge on any atom is 0.193 e. The first-order valence-corrected chi connectivity index (χ1v) is 8.54. The van der Waals surface area contributed by atoms with Crippen molar-refractivity contribution in [3.05, 3.63) is 114 Å². The molecule has 0 fully saturated rings. The normalized spacial score (nSPS) is 10.5. The zero-order valence-corrected chi connectivity index (χ0v) is 14.2. The lowest BCUT2D eigenvalue weighted by atomic mass is 9.99. The van der Waals surface area contributed by atoms with Crippen LogP contribution in [0.2, 0.25) is 0 Å². The molecule has 2 heteroatoms. The quantitative estimate of drug-likeness (QED) is 0.451. The summed E-state index contributed by atoms with van der Waals surface area (Å²) in [4.78, 5) is 17.8. The SMILES string of the molecule is O=C(c1ccccc1)c1cc(-c2ccccc2)nc(-c2ccccc2)c1. The van der Waals surface area contributed by atoms with Crippen LogP contribution < -0.4 is 0 Å². The van der Waals surface area contributed by atoms with Gasteiger partial charge in [-0.15, -0.1) is 0 Å². The second-order valence-electron chi connectivity index (χ2n) is 6.05. The van der Waals surface area contributed by atoms with Crippen molar-refractivity contribution in [2.75, 3.05) is 0 Å². The van der Waals surface area contributed by atoms with E-state index in [1.54, 1.807) is 0 Å². The molecular formula is C24H17NO. The fourth-order valence-corrected chi connectivity index (χ4v) is 2.93. The number of nitrogens with zero attached hydrogens (tertiary/aromatic N) is 1. The molecule has 0 saturated heterocycles. The molecular weight excluding hydrogens is 318 g/mol. The van der Waals surface area contributed by atoms with Gasteiger partial charge in [0.15, 0.2) is 5.78 Å². The number of ketones is 1. The molecule has 1 heterocycles. The maximum atomic E-state index is 13.0. The Morgan fingerprint density at radius 3 is 1.42 bits per heavy atom. The lowest BCUT2D eigenvalue weighted by molar-refractivity contribution is 0.103. The highest BCUT2D eigenvalue weighted by Gasteiger charge is 2.13. The van der Waals surface area contributed by atoms with Gasteiger partial charge in [0.1, 0.15) is 0 Å². The van der Waals surface area contributed by atoms with Crippen LogP contribution in [0.3, 0.4) is 0 Å². The minimum atomic E-state index is 0.00219. The summed E-state index contributed by atoms with van der Waals surface area (Å²) in [5.74, 6) is 0.00219. The number of hydrogen-bond acceptors (Lipinski definition) is 2. The largest absolute Gasteiger partial charge is 0.289 e. The predicted octanol–water partition coefficient (Wildman–Crippen LogP) is 5.65. The second-order valence-corrected chi connectivity index (χ2v) is 6.05. The Kier molecular flexibility index (Phi) is 4.40. The standard InChI is InChI=1S/C24H17NO/c26-24(20-14-8-3-9-15-20)21-16-22(18-10-4-1-5-11-18)25-23(17-21)19-12-6-2-7-13-19/h1-17H. The van der Waals surface area contributed by atoms with E-state index in [9.17, 15) is 4.79 Å². The molecule has 4 aromatic rings. The molecule has 0 spiro atoms. The van der Waals surface area contributed by atoms with E-state index < -0.39 is 0 Å². The number of pyridine rings is 1. The van der Waals surface area contributed by atoms with Crippen molar-refractivity contribution in [1.29, 1.82) is 0 Å². The Bertz CT molecular complexity index is 968. The van der Waals surface area contributed by atoms with Crippen LogP contribution in [0, 0.1) is 0 Å². The van der Waals surface area contributed by atoms with Gasteiger partial charge < -0.3 is 0 Å². The first kappa shape index (κ1) is 16.0. The topological polar surface area (TPSA) is 30.0 Å².